The predicted molar refractivity (Wildman–Crippen MR) is 123 cm³/mol. The fourth-order valence-corrected chi connectivity index (χ4v) is 3.92. The van der Waals surface area contributed by atoms with Crippen molar-refractivity contribution >= 4 is 46.5 Å². The maximum Gasteiger partial charge on any atom is 0.270 e. The van der Waals surface area contributed by atoms with Crippen LogP contribution in [0.4, 0.5) is 11.8 Å². The minimum atomic E-state index is -0.455. The van der Waals surface area contributed by atoms with Crippen LogP contribution in [0.25, 0.3) is 0 Å². The van der Waals surface area contributed by atoms with Crippen LogP contribution in [0.5, 0.6) is 0 Å². The van der Waals surface area contributed by atoms with Crippen molar-refractivity contribution < 1.29 is 9.59 Å². The Morgan fingerprint density at radius 3 is 2.53 bits per heavy atom. The van der Waals surface area contributed by atoms with Crippen LogP contribution >= 0.6 is 22.9 Å². The summed E-state index contributed by atoms with van der Waals surface area (Å²) in [4.78, 5) is 46.1. The molecule has 10 nitrogen and oxygen atoms in total. The van der Waals surface area contributed by atoms with Crippen molar-refractivity contribution in [3.05, 3.63) is 50.6 Å². The van der Waals surface area contributed by atoms with Gasteiger partial charge >= 0.3 is 0 Å². The topological polar surface area (TPSA) is 149 Å². The van der Waals surface area contributed by atoms with E-state index >= 15 is 0 Å². The first-order chi connectivity index (χ1) is 15.0. The molecule has 32 heavy (non-hydrogen) atoms. The number of thiazole rings is 1. The summed E-state index contributed by atoms with van der Waals surface area (Å²) >= 11 is 7.33. The number of hydrogen-bond acceptors (Lipinski definition) is 9. The highest BCUT2D eigenvalue weighted by molar-refractivity contribution is 7.13. The Labute approximate surface area is 194 Å². The van der Waals surface area contributed by atoms with Crippen molar-refractivity contribution in [3.8, 4) is 0 Å². The van der Waals surface area contributed by atoms with Crippen LogP contribution in [0.15, 0.2) is 18.7 Å². The molecular formula is C20H23ClN8O2S. The lowest BCUT2D eigenvalue weighted by Gasteiger charge is -2.19. The Morgan fingerprint density at radius 2 is 1.84 bits per heavy atom. The van der Waals surface area contributed by atoms with E-state index < -0.39 is 17.9 Å². The summed E-state index contributed by atoms with van der Waals surface area (Å²) in [7, 11) is 0. The van der Waals surface area contributed by atoms with E-state index in [-0.39, 0.29) is 22.9 Å². The van der Waals surface area contributed by atoms with E-state index in [4.69, 9.17) is 17.3 Å². The zero-order chi connectivity index (χ0) is 23.6. The fourth-order valence-electron chi connectivity index (χ4n) is 2.73. The second-order valence-electron chi connectivity index (χ2n) is 8.08. The molecule has 1 unspecified atom stereocenters. The van der Waals surface area contributed by atoms with E-state index in [0.29, 0.717) is 26.2 Å². The zero-order valence-corrected chi connectivity index (χ0v) is 19.8. The summed E-state index contributed by atoms with van der Waals surface area (Å²) < 4.78 is 0. The van der Waals surface area contributed by atoms with Gasteiger partial charge in [0, 0.05) is 11.0 Å². The predicted octanol–water partition coefficient (Wildman–Crippen LogP) is 3.31. The number of nitrogens with one attached hydrogen (secondary N) is 2. The molecule has 0 radical (unpaired) electrons. The maximum absolute atomic E-state index is 12.6. The lowest BCUT2D eigenvalue weighted by molar-refractivity contribution is 0.0933. The van der Waals surface area contributed by atoms with Crippen LogP contribution in [0.2, 0.25) is 5.02 Å². The quantitative estimate of drug-likeness (QED) is 0.509. The fraction of sp³-hybridized carbons (Fsp3) is 0.350. The molecule has 0 saturated carbocycles. The summed E-state index contributed by atoms with van der Waals surface area (Å²) in [5.74, 6) is -0.425. The summed E-state index contributed by atoms with van der Waals surface area (Å²) in [5.41, 5.74) is 6.74. The molecule has 2 amide bonds. The lowest BCUT2D eigenvalue weighted by Crippen LogP contribution is -2.28. The molecule has 12 heteroatoms. The number of hydrogen-bond donors (Lipinski definition) is 3. The van der Waals surface area contributed by atoms with Crippen LogP contribution in [-0.2, 0) is 5.41 Å². The van der Waals surface area contributed by atoms with E-state index in [9.17, 15) is 9.59 Å². The third-order valence-corrected chi connectivity index (χ3v) is 5.94. The van der Waals surface area contributed by atoms with Gasteiger partial charge in [0.2, 0.25) is 5.95 Å². The highest BCUT2D eigenvalue weighted by atomic mass is 35.5. The van der Waals surface area contributed by atoms with Gasteiger partial charge in [-0.1, -0.05) is 32.4 Å². The van der Waals surface area contributed by atoms with Crippen molar-refractivity contribution in [2.45, 2.75) is 46.1 Å². The standard InChI is InChI=1S/C20H23ClN8O2S/c1-9-13(25-8-26-15(9)22)17(31)27-10(2)18-23-7-12(32-18)16(30)29-19-24-6-11(21)14(28-19)20(3,4)5/h6-8,10H,1-5H3,(H,27,31)(H2,22,25,26)(H,24,28,29,30). The number of nitrogens with two attached hydrogens (primary N) is 1. The first kappa shape index (κ1) is 23.5. The van der Waals surface area contributed by atoms with E-state index in [1.54, 1.807) is 13.8 Å². The lowest BCUT2D eigenvalue weighted by atomic mass is 9.92. The number of anilines is 2. The Balaban J connectivity index is 1.70. The number of nitrogens with zero attached hydrogens (tertiary/aromatic N) is 5. The molecule has 3 heterocycles. The van der Waals surface area contributed by atoms with Gasteiger partial charge in [0.05, 0.1) is 29.2 Å². The van der Waals surface area contributed by atoms with Crippen molar-refractivity contribution in [1.82, 2.24) is 30.2 Å². The molecule has 0 saturated heterocycles. The maximum atomic E-state index is 12.6. The highest BCUT2D eigenvalue weighted by Crippen LogP contribution is 2.28. The number of aromatic nitrogens is 5. The van der Waals surface area contributed by atoms with Crippen molar-refractivity contribution in [3.63, 3.8) is 0 Å². The SMILES string of the molecule is Cc1c(N)ncnc1C(=O)NC(C)c1ncc(C(=O)Nc2ncc(Cl)c(C(C)(C)C)n2)s1. The van der Waals surface area contributed by atoms with E-state index in [1.807, 2.05) is 20.8 Å². The molecule has 0 aliphatic carbocycles. The first-order valence-electron chi connectivity index (χ1n) is 9.65. The van der Waals surface area contributed by atoms with Gasteiger partial charge in [-0.25, -0.2) is 24.9 Å². The van der Waals surface area contributed by atoms with E-state index in [1.165, 1.54) is 18.7 Å². The average Bonchev–Trinajstić information content (AvgIpc) is 3.21. The molecule has 0 spiro atoms. The normalized spacial score (nSPS) is 12.3. The van der Waals surface area contributed by atoms with E-state index in [2.05, 4.69) is 35.6 Å². The number of carbonyl (C=O) groups is 2. The molecule has 3 rings (SSSR count). The van der Waals surface area contributed by atoms with Gasteiger partial charge in [0.1, 0.15) is 27.7 Å². The van der Waals surface area contributed by atoms with Crippen molar-refractivity contribution in [1.29, 1.82) is 0 Å². The molecule has 3 aromatic heterocycles. The molecule has 0 aliphatic rings. The molecule has 1 atom stereocenters. The van der Waals surface area contributed by atoms with Gasteiger partial charge < -0.3 is 11.1 Å². The van der Waals surface area contributed by atoms with Gasteiger partial charge in [0.15, 0.2) is 0 Å². The molecule has 0 aliphatic heterocycles. The summed E-state index contributed by atoms with van der Waals surface area (Å²) in [6, 6.07) is -0.455. The molecular weight excluding hydrogens is 452 g/mol. The molecule has 3 aromatic rings. The van der Waals surface area contributed by atoms with Gasteiger partial charge in [-0.15, -0.1) is 11.3 Å². The molecule has 168 valence electrons. The highest BCUT2D eigenvalue weighted by Gasteiger charge is 2.23. The number of rotatable bonds is 5. The molecule has 4 N–H and O–H groups in total. The minimum Gasteiger partial charge on any atom is -0.383 e. The van der Waals surface area contributed by atoms with Crippen LogP contribution in [0.3, 0.4) is 0 Å². The molecule has 0 aromatic carbocycles. The summed E-state index contributed by atoms with van der Waals surface area (Å²) in [6.45, 7) is 9.33. The van der Waals surface area contributed by atoms with Gasteiger partial charge in [-0.2, -0.15) is 0 Å². The Kier molecular flexibility index (Phi) is 6.70. The Hall–Kier alpha value is -3.18. The molecule has 0 fully saturated rings. The van der Waals surface area contributed by atoms with Crippen LogP contribution in [0, 0.1) is 6.92 Å². The van der Waals surface area contributed by atoms with E-state index in [0.717, 1.165) is 11.3 Å². The largest absolute Gasteiger partial charge is 0.383 e. The first-order valence-corrected chi connectivity index (χ1v) is 10.8. The Morgan fingerprint density at radius 1 is 1.12 bits per heavy atom. The second kappa shape index (κ2) is 9.13. The third kappa shape index (κ3) is 5.17. The smallest absolute Gasteiger partial charge is 0.270 e. The van der Waals surface area contributed by atoms with Crippen LogP contribution in [0.1, 0.15) is 70.2 Å². The average molecular weight is 475 g/mol. The molecule has 0 bridgehead atoms. The third-order valence-electron chi connectivity index (χ3n) is 4.48. The van der Waals surface area contributed by atoms with Gasteiger partial charge in [-0.05, 0) is 13.8 Å². The van der Waals surface area contributed by atoms with Crippen LogP contribution in [-0.4, -0.2) is 36.7 Å². The van der Waals surface area contributed by atoms with Crippen molar-refractivity contribution in [2.24, 2.45) is 0 Å². The van der Waals surface area contributed by atoms with Gasteiger partial charge in [-0.3, -0.25) is 14.9 Å². The zero-order valence-electron chi connectivity index (χ0n) is 18.2. The van der Waals surface area contributed by atoms with Gasteiger partial charge in [0.25, 0.3) is 11.8 Å². The Bertz CT molecular complexity index is 1170. The minimum absolute atomic E-state index is 0.150. The summed E-state index contributed by atoms with van der Waals surface area (Å²) in [6.07, 6.45) is 4.13. The van der Waals surface area contributed by atoms with Crippen LogP contribution < -0.4 is 16.4 Å². The number of nitrogen functional groups attached to an aromatic ring is 1. The monoisotopic (exact) mass is 474 g/mol. The number of amides is 2. The van der Waals surface area contributed by atoms with Crippen molar-refractivity contribution in [2.75, 3.05) is 11.1 Å². The number of halogens is 1. The summed E-state index contributed by atoms with van der Waals surface area (Å²) in [5, 5.41) is 6.45. The number of carbonyl (C=O) groups excluding carboxylic acids is 2. The second-order valence-corrected chi connectivity index (χ2v) is 9.55.